The van der Waals surface area contributed by atoms with Crippen molar-refractivity contribution in [2.24, 2.45) is 0 Å². The second kappa shape index (κ2) is 3.66. The summed E-state index contributed by atoms with van der Waals surface area (Å²) >= 11 is 3.26. The Labute approximate surface area is 93.4 Å². The number of hydrogen-bond acceptors (Lipinski definition) is 3. The molecule has 2 rings (SSSR count). The third-order valence-corrected chi connectivity index (χ3v) is 3.27. The molecule has 0 aliphatic heterocycles. The van der Waals surface area contributed by atoms with Gasteiger partial charge in [0.05, 0.1) is 10.3 Å². The van der Waals surface area contributed by atoms with Crippen LogP contribution < -0.4 is 5.76 Å². The Morgan fingerprint density at radius 3 is 2.93 bits per heavy atom. The van der Waals surface area contributed by atoms with Crippen LogP contribution in [0.25, 0.3) is 11.1 Å². The number of benzene rings is 1. The van der Waals surface area contributed by atoms with Crippen molar-refractivity contribution in [3.05, 3.63) is 34.3 Å². The first-order valence-electron chi connectivity index (χ1n) is 4.35. The fraction of sp³-hybridized carbons (Fsp3) is 0.200. The molecule has 0 bridgehead atoms. The van der Waals surface area contributed by atoms with Gasteiger partial charge in [0.1, 0.15) is 5.78 Å². The van der Waals surface area contributed by atoms with E-state index in [1.165, 1.54) is 6.92 Å². The van der Waals surface area contributed by atoms with Gasteiger partial charge in [-0.05, 0) is 24.6 Å². The average molecular weight is 270 g/mol. The number of nitrogens with one attached hydrogen (secondary N) is 1. The first-order valence-corrected chi connectivity index (χ1v) is 5.27. The Hall–Kier alpha value is -1.36. The molecule has 0 amide bonds. The van der Waals surface area contributed by atoms with E-state index in [2.05, 4.69) is 20.9 Å². The molecule has 2 aromatic rings. The molecule has 0 spiro atoms. The quantitative estimate of drug-likeness (QED) is 0.850. The molecule has 1 atom stereocenters. The summed E-state index contributed by atoms with van der Waals surface area (Å²) in [4.78, 5) is 24.2. The number of rotatable bonds is 2. The van der Waals surface area contributed by atoms with E-state index in [0.717, 1.165) is 5.56 Å². The molecule has 0 aliphatic rings. The van der Waals surface area contributed by atoms with Crippen LogP contribution in [0, 0.1) is 0 Å². The first kappa shape index (κ1) is 10.2. The summed E-state index contributed by atoms with van der Waals surface area (Å²) in [6.45, 7) is 1.50. The second-order valence-corrected chi connectivity index (χ2v) is 4.16. The molecular weight excluding hydrogens is 262 g/mol. The molecule has 78 valence electrons. The summed E-state index contributed by atoms with van der Waals surface area (Å²) in [7, 11) is 0. The third-order valence-electron chi connectivity index (χ3n) is 2.09. The van der Waals surface area contributed by atoms with E-state index in [4.69, 9.17) is 4.42 Å². The number of ketones is 1. The van der Waals surface area contributed by atoms with Gasteiger partial charge in [0.25, 0.3) is 0 Å². The predicted molar refractivity (Wildman–Crippen MR) is 59.2 cm³/mol. The molecule has 1 aromatic heterocycles. The topological polar surface area (TPSA) is 63.1 Å². The Morgan fingerprint density at radius 1 is 1.53 bits per heavy atom. The number of aromatic amines is 1. The van der Waals surface area contributed by atoms with Crippen LogP contribution in [0.5, 0.6) is 0 Å². The van der Waals surface area contributed by atoms with Crippen LogP contribution in [0.2, 0.25) is 0 Å². The van der Waals surface area contributed by atoms with E-state index in [1.54, 1.807) is 18.2 Å². The van der Waals surface area contributed by atoms with Gasteiger partial charge >= 0.3 is 5.76 Å². The van der Waals surface area contributed by atoms with Crippen LogP contribution in [0.1, 0.15) is 17.3 Å². The van der Waals surface area contributed by atoms with Gasteiger partial charge < -0.3 is 4.42 Å². The third kappa shape index (κ3) is 1.87. The lowest BCUT2D eigenvalue weighted by molar-refractivity contribution is -0.116. The van der Waals surface area contributed by atoms with Gasteiger partial charge in [0, 0.05) is 0 Å². The first-order chi connectivity index (χ1) is 7.08. The Kier molecular flexibility index (Phi) is 2.48. The highest BCUT2D eigenvalue weighted by atomic mass is 79.9. The molecule has 0 aliphatic carbocycles. The molecule has 0 saturated heterocycles. The van der Waals surface area contributed by atoms with Crippen molar-refractivity contribution in [1.82, 2.24) is 4.98 Å². The van der Waals surface area contributed by atoms with Crippen LogP contribution in [-0.2, 0) is 4.79 Å². The van der Waals surface area contributed by atoms with Crippen molar-refractivity contribution in [2.75, 3.05) is 0 Å². The predicted octanol–water partition coefficient (Wildman–Crippen LogP) is 2.15. The Bertz CT molecular complexity index is 569. The molecule has 15 heavy (non-hydrogen) atoms. The van der Waals surface area contributed by atoms with Crippen LogP contribution >= 0.6 is 15.9 Å². The number of alkyl halides is 1. The highest BCUT2D eigenvalue weighted by Crippen LogP contribution is 2.25. The highest BCUT2D eigenvalue weighted by molar-refractivity contribution is 9.09. The van der Waals surface area contributed by atoms with Crippen molar-refractivity contribution >= 4 is 32.8 Å². The Morgan fingerprint density at radius 2 is 2.27 bits per heavy atom. The average Bonchev–Trinajstić information content (AvgIpc) is 2.55. The van der Waals surface area contributed by atoms with E-state index < -0.39 is 5.76 Å². The second-order valence-electron chi connectivity index (χ2n) is 3.24. The van der Waals surface area contributed by atoms with E-state index >= 15 is 0 Å². The zero-order chi connectivity index (χ0) is 11.0. The lowest BCUT2D eigenvalue weighted by atomic mass is 10.1. The minimum absolute atomic E-state index is 0.00670. The molecular formula is C10H8BrNO3. The van der Waals surface area contributed by atoms with E-state index in [1.807, 2.05) is 0 Å². The van der Waals surface area contributed by atoms with Crippen molar-refractivity contribution in [3.8, 4) is 0 Å². The summed E-state index contributed by atoms with van der Waals surface area (Å²) in [5.74, 6) is -0.483. The van der Waals surface area contributed by atoms with Crippen molar-refractivity contribution in [2.45, 2.75) is 11.8 Å². The maximum atomic E-state index is 11.1. The monoisotopic (exact) mass is 269 g/mol. The number of fused-ring (bicyclic) bond motifs is 1. The number of H-pyrrole nitrogens is 1. The van der Waals surface area contributed by atoms with Gasteiger partial charge in [-0.1, -0.05) is 22.0 Å². The molecule has 4 nitrogen and oxygen atoms in total. The SMILES string of the molecule is CC(=O)C(Br)c1ccc2[nH]c(=O)oc2c1. The summed E-state index contributed by atoms with van der Waals surface area (Å²) in [5, 5.41) is 0. The van der Waals surface area contributed by atoms with Crippen LogP contribution in [-0.4, -0.2) is 10.8 Å². The van der Waals surface area contributed by atoms with Crippen molar-refractivity contribution in [3.63, 3.8) is 0 Å². The molecule has 0 saturated carbocycles. The lowest BCUT2D eigenvalue weighted by Gasteiger charge is -2.04. The summed E-state index contributed by atoms with van der Waals surface area (Å²) in [6, 6.07) is 5.16. The molecule has 5 heteroatoms. The minimum Gasteiger partial charge on any atom is -0.408 e. The van der Waals surface area contributed by atoms with Crippen molar-refractivity contribution < 1.29 is 9.21 Å². The number of oxazole rings is 1. The normalized spacial score (nSPS) is 12.9. The molecule has 0 radical (unpaired) electrons. The number of halogens is 1. The molecule has 1 heterocycles. The number of aromatic nitrogens is 1. The number of hydrogen-bond donors (Lipinski definition) is 1. The summed E-state index contributed by atoms with van der Waals surface area (Å²) < 4.78 is 4.90. The highest BCUT2D eigenvalue weighted by Gasteiger charge is 2.13. The zero-order valence-electron chi connectivity index (χ0n) is 7.91. The largest absolute Gasteiger partial charge is 0.417 e. The number of Topliss-reactive ketones (excluding diaryl/α,β-unsaturated/α-hetero) is 1. The molecule has 1 aromatic carbocycles. The summed E-state index contributed by atoms with van der Waals surface area (Å²) in [6.07, 6.45) is 0. The maximum absolute atomic E-state index is 11.1. The van der Waals surface area contributed by atoms with Gasteiger partial charge in [0.15, 0.2) is 5.58 Å². The Balaban J connectivity index is 2.55. The van der Waals surface area contributed by atoms with Crippen LogP contribution in [0.3, 0.4) is 0 Å². The van der Waals surface area contributed by atoms with Crippen LogP contribution in [0.4, 0.5) is 0 Å². The minimum atomic E-state index is -0.490. The van der Waals surface area contributed by atoms with Gasteiger partial charge in [-0.2, -0.15) is 0 Å². The van der Waals surface area contributed by atoms with Crippen LogP contribution in [0.15, 0.2) is 27.4 Å². The van der Waals surface area contributed by atoms with Gasteiger partial charge in [0.2, 0.25) is 0 Å². The number of carbonyl (C=O) groups is 1. The number of carbonyl (C=O) groups excluding carboxylic acids is 1. The standard InChI is InChI=1S/C10H8BrNO3/c1-5(13)9(11)6-2-3-7-8(4-6)15-10(14)12-7/h2-4,9H,1H3,(H,12,14). The van der Waals surface area contributed by atoms with Gasteiger partial charge in [-0.3, -0.25) is 9.78 Å². The summed E-state index contributed by atoms with van der Waals surface area (Å²) in [5.41, 5.74) is 1.87. The fourth-order valence-electron chi connectivity index (χ4n) is 1.35. The smallest absolute Gasteiger partial charge is 0.408 e. The maximum Gasteiger partial charge on any atom is 0.417 e. The van der Waals surface area contributed by atoms with Crippen molar-refractivity contribution in [1.29, 1.82) is 0 Å². The van der Waals surface area contributed by atoms with E-state index in [-0.39, 0.29) is 10.6 Å². The fourth-order valence-corrected chi connectivity index (χ4v) is 1.64. The van der Waals surface area contributed by atoms with E-state index in [9.17, 15) is 9.59 Å². The molecule has 1 unspecified atom stereocenters. The molecule has 0 fully saturated rings. The zero-order valence-corrected chi connectivity index (χ0v) is 9.50. The lowest BCUT2D eigenvalue weighted by Crippen LogP contribution is -2.00. The van der Waals surface area contributed by atoms with Gasteiger partial charge in [-0.25, -0.2) is 4.79 Å². The van der Waals surface area contributed by atoms with E-state index in [0.29, 0.717) is 11.1 Å². The molecule has 1 N–H and O–H groups in total. The van der Waals surface area contributed by atoms with Gasteiger partial charge in [-0.15, -0.1) is 0 Å².